The van der Waals surface area contributed by atoms with Gasteiger partial charge in [-0.05, 0) is 44.0 Å². The van der Waals surface area contributed by atoms with Gasteiger partial charge in [-0.15, -0.1) is 0 Å². The average Bonchev–Trinajstić information content (AvgIpc) is 2.56. The first kappa shape index (κ1) is 17.9. The molecule has 1 N–H and O–H groups in total. The molecule has 2 rings (SSSR count). The number of nitro benzene ring substituents is 1. The molecule has 0 heterocycles. The van der Waals surface area contributed by atoms with Crippen molar-refractivity contribution in [2.45, 2.75) is 0 Å². The normalized spacial score (nSPS) is 9.88. The minimum absolute atomic E-state index is 0.119. The van der Waals surface area contributed by atoms with Gasteiger partial charge >= 0.3 is 0 Å². The molecule has 0 spiro atoms. The van der Waals surface area contributed by atoms with Gasteiger partial charge in [-0.1, -0.05) is 12.1 Å². The van der Waals surface area contributed by atoms with Crippen LogP contribution in [0.25, 0.3) is 0 Å². The zero-order valence-electron chi connectivity index (χ0n) is 12.0. The number of hydrogen-bond donors (Lipinski definition) is 1. The Bertz CT molecular complexity index is 826. The van der Waals surface area contributed by atoms with Crippen LogP contribution in [0.1, 0.15) is 5.56 Å². The van der Waals surface area contributed by atoms with Gasteiger partial charge in [0.1, 0.15) is 11.8 Å². The molecule has 0 aliphatic carbocycles. The molecule has 0 aromatic heterocycles. The summed E-state index contributed by atoms with van der Waals surface area (Å²) in [4.78, 5) is 22.3. The Labute approximate surface area is 153 Å². The minimum Gasteiger partial charge on any atom is -0.482 e. The summed E-state index contributed by atoms with van der Waals surface area (Å²) < 4.78 is 6.04. The van der Waals surface area contributed by atoms with E-state index >= 15 is 0 Å². The monoisotopic (exact) mass is 453 g/mol. The number of nitriles is 1. The van der Waals surface area contributed by atoms with Gasteiger partial charge in [0, 0.05) is 21.1 Å². The van der Waals surface area contributed by atoms with E-state index < -0.39 is 10.8 Å². The van der Waals surface area contributed by atoms with Crippen molar-refractivity contribution in [2.24, 2.45) is 0 Å². The third-order valence-corrected chi connectivity index (χ3v) is 4.12. The van der Waals surface area contributed by atoms with Crippen LogP contribution in [0.4, 0.5) is 11.4 Å². The molecule has 7 nitrogen and oxygen atoms in total. The van der Waals surface area contributed by atoms with Crippen LogP contribution >= 0.6 is 31.9 Å². The second kappa shape index (κ2) is 7.90. The summed E-state index contributed by atoms with van der Waals surface area (Å²) >= 11 is 6.36. The Morgan fingerprint density at radius 2 is 1.92 bits per heavy atom. The summed E-state index contributed by atoms with van der Waals surface area (Å²) in [6, 6.07) is 11.1. The van der Waals surface area contributed by atoms with E-state index in [1.54, 1.807) is 24.3 Å². The van der Waals surface area contributed by atoms with Crippen LogP contribution in [0.2, 0.25) is 0 Å². The van der Waals surface area contributed by atoms with E-state index in [2.05, 4.69) is 37.2 Å². The lowest BCUT2D eigenvalue weighted by atomic mass is 10.2. The molecule has 0 unspecified atom stereocenters. The maximum Gasteiger partial charge on any atom is 0.271 e. The van der Waals surface area contributed by atoms with Crippen LogP contribution in [-0.2, 0) is 4.79 Å². The summed E-state index contributed by atoms with van der Waals surface area (Å²) in [7, 11) is 0. The highest BCUT2D eigenvalue weighted by atomic mass is 79.9. The molecule has 0 saturated carbocycles. The van der Waals surface area contributed by atoms with Crippen molar-refractivity contribution in [3.05, 3.63) is 61.0 Å². The summed E-state index contributed by atoms with van der Waals surface area (Å²) in [5.74, 6) is -0.171. The molecule has 0 radical (unpaired) electrons. The average molecular weight is 455 g/mol. The number of carbonyl (C=O) groups is 1. The molecule has 0 aliphatic heterocycles. The van der Waals surface area contributed by atoms with E-state index in [4.69, 9.17) is 10.00 Å². The highest BCUT2D eigenvalue weighted by Crippen LogP contribution is 2.35. The quantitative estimate of drug-likeness (QED) is 0.542. The van der Waals surface area contributed by atoms with Crippen molar-refractivity contribution in [2.75, 3.05) is 11.9 Å². The first-order chi connectivity index (χ1) is 11.4. The number of halogens is 2. The number of rotatable bonds is 5. The molecule has 0 atom stereocenters. The molecule has 1 amide bonds. The number of hydrogen-bond acceptors (Lipinski definition) is 5. The molecule has 122 valence electrons. The maximum absolute atomic E-state index is 12.0. The SMILES string of the molecule is N#Cc1ccccc1OCC(=O)Nc1c(Br)cc([N+](=O)[O-])cc1Br. The van der Waals surface area contributed by atoms with Crippen molar-refractivity contribution in [1.29, 1.82) is 5.26 Å². The number of amides is 1. The fourth-order valence-electron chi connectivity index (χ4n) is 1.79. The number of nitro groups is 1. The Morgan fingerprint density at radius 1 is 1.29 bits per heavy atom. The summed E-state index contributed by atoms with van der Waals surface area (Å²) in [6.45, 7) is -0.311. The maximum atomic E-state index is 12.0. The van der Waals surface area contributed by atoms with Gasteiger partial charge < -0.3 is 10.1 Å². The smallest absolute Gasteiger partial charge is 0.271 e. The van der Waals surface area contributed by atoms with Crippen molar-refractivity contribution in [3.63, 3.8) is 0 Å². The van der Waals surface area contributed by atoms with E-state index in [0.29, 0.717) is 25.9 Å². The third kappa shape index (κ3) is 4.31. The van der Waals surface area contributed by atoms with Gasteiger partial charge in [0.15, 0.2) is 6.61 Å². The molecule has 2 aromatic rings. The fourth-order valence-corrected chi connectivity index (χ4v) is 3.15. The first-order valence-electron chi connectivity index (χ1n) is 6.47. The van der Waals surface area contributed by atoms with E-state index in [-0.39, 0.29) is 12.3 Å². The zero-order valence-corrected chi connectivity index (χ0v) is 15.1. The van der Waals surface area contributed by atoms with Gasteiger partial charge in [-0.3, -0.25) is 14.9 Å². The lowest BCUT2D eigenvalue weighted by Gasteiger charge is -2.11. The summed E-state index contributed by atoms with van der Waals surface area (Å²) in [5.41, 5.74) is 0.553. The fraction of sp³-hybridized carbons (Fsp3) is 0.0667. The predicted molar refractivity (Wildman–Crippen MR) is 93.8 cm³/mol. The molecular formula is C15H9Br2N3O4. The minimum atomic E-state index is -0.539. The number of anilines is 1. The van der Waals surface area contributed by atoms with Gasteiger partial charge in [0.05, 0.1) is 16.2 Å². The van der Waals surface area contributed by atoms with E-state index in [0.717, 1.165) is 0 Å². The number of nitrogens with one attached hydrogen (secondary N) is 1. The predicted octanol–water partition coefficient (Wildman–Crippen LogP) is 4.01. The number of carbonyl (C=O) groups excluding carboxylic acids is 1. The highest BCUT2D eigenvalue weighted by Gasteiger charge is 2.16. The summed E-state index contributed by atoms with van der Waals surface area (Å²) in [5, 5.41) is 22.3. The number of benzene rings is 2. The van der Waals surface area contributed by atoms with Crippen LogP contribution < -0.4 is 10.1 Å². The van der Waals surface area contributed by atoms with Gasteiger partial charge in [0.25, 0.3) is 11.6 Å². The van der Waals surface area contributed by atoms with E-state index in [1.165, 1.54) is 12.1 Å². The van der Waals surface area contributed by atoms with Crippen LogP contribution in [0, 0.1) is 21.4 Å². The second-order valence-electron chi connectivity index (χ2n) is 4.49. The second-order valence-corrected chi connectivity index (χ2v) is 6.20. The topological polar surface area (TPSA) is 105 Å². The van der Waals surface area contributed by atoms with Crippen LogP contribution in [0.3, 0.4) is 0 Å². The Kier molecular flexibility index (Phi) is 5.89. The van der Waals surface area contributed by atoms with E-state index in [1.807, 2.05) is 6.07 Å². The first-order valence-corrected chi connectivity index (χ1v) is 8.06. The Hall–Kier alpha value is -2.44. The Morgan fingerprint density at radius 3 is 2.50 bits per heavy atom. The number of ether oxygens (including phenoxy) is 1. The van der Waals surface area contributed by atoms with Crippen LogP contribution in [-0.4, -0.2) is 17.4 Å². The highest BCUT2D eigenvalue weighted by molar-refractivity contribution is 9.11. The lowest BCUT2D eigenvalue weighted by molar-refractivity contribution is -0.385. The third-order valence-electron chi connectivity index (χ3n) is 2.87. The van der Waals surface area contributed by atoms with Crippen LogP contribution in [0.15, 0.2) is 45.3 Å². The number of non-ortho nitro benzene ring substituents is 1. The molecule has 9 heteroatoms. The number of nitrogens with zero attached hydrogens (tertiary/aromatic N) is 2. The molecule has 24 heavy (non-hydrogen) atoms. The van der Waals surface area contributed by atoms with Crippen molar-refractivity contribution < 1.29 is 14.5 Å². The molecule has 0 saturated heterocycles. The van der Waals surface area contributed by atoms with Gasteiger partial charge in [-0.2, -0.15) is 5.26 Å². The molecule has 2 aromatic carbocycles. The lowest BCUT2D eigenvalue weighted by Crippen LogP contribution is -2.21. The van der Waals surface area contributed by atoms with Crippen molar-refractivity contribution in [1.82, 2.24) is 0 Å². The van der Waals surface area contributed by atoms with Crippen LogP contribution in [0.5, 0.6) is 5.75 Å². The number of para-hydroxylation sites is 1. The summed E-state index contributed by atoms with van der Waals surface area (Å²) in [6.07, 6.45) is 0. The molecule has 0 fully saturated rings. The molecule has 0 aliphatic rings. The molecular weight excluding hydrogens is 446 g/mol. The largest absolute Gasteiger partial charge is 0.482 e. The van der Waals surface area contributed by atoms with Crippen molar-refractivity contribution in [3.8, 4) is 11.8 Å². The standard InChI is InChI=1S/C15H9Br2N3O4/c16-11-5-10(20(22)23)6-12(17)15(11)19-14(21)8-24-13-4-2-1-3-9(13)7-18/h1-6H,8H2,(H,19,21). The molecule has 0 bridgehead atoms. The van der Waals surface area contributed by atoms with Crippen molar-refractivity contribution >= 4 is 49.1 Å². The van der Waals surface area contributed by atoms with Gasteiger partial charge in [-0.25, -0.2) is 0 Å². The van der Waals surface area contributed by atoms with Gasteiger partial charge in [0.2, 0.25) is 0 Å². The zero-order chi connectivity index (χ0) is 17.7. The Balaban J connectivity index is 2.08. The van der Waals surface area contributed by atoms with E-state index in [9.17, 15) is 14.9 Å².